The number of likely N-dealkylation sites (N-methyl/N-ethyl adjacent to an activating group) is 1. The number of rotatable bonds is 8. The maximum absolute atomic E-state index is 12.2. The van der Waals surface area contributed by atoms with Gasteiger partial charge in [0.2, 0.25) is 0 Å². The van der Waals surface area contributed by atoms with Gasteiger partial charge in [-0.2, -0.15) is 0 Å². The monoisotopic (exact) mass is 464 g/mol. The molecule has 9 heteroatoms. The van der Waals surface area contributed by atoms with E-state index in [1.807, 2.05) is 18.7 Å². The van der Waals surface area contributed by atoms with E-state index in [9.17, 15) is 9.59 Å². The summed E-state index contributed by atoms with van der Waals surface area (Å²) >= 11 is 0. The first-order valence-corrected chi connectivity index (χ1v) is 12.1. The lowest BCUT2D eigenvalue weighted by Crippen LogP contribution is -2.42. The minimum Gasteiger partial charge on any atom is -0.456 e. The zero-order chi connectivity index (χ0) is 23.9. The summed E-state index contributed by atoms with van der Waals surface area (Å²) in [7, 11) is 1.99. The number of tetrazole rings is 1. The van der Waals surface area contributed by atoms with E-state index >= 15 is 0 Å². The number of aromatic nitrogens is 4. The number of ether oxygens (including phenoxy) is 1. The lowest BCUT2D eigenvalue weighted by atomic mass is 9.70. The molecule has 3 aliphatic rings. The van der Waals surface area contributed by atoms with Gasteiger partial charge in [-0.15, -0.1) is 5.10 Å². The highest BCUT2D eigenvalue weighted by Gasteiger charge is 2.38. The molecule has 1 fully saturated rings. The van der Waals surface area contributed by atoms with Gasteiger partial charge in [0, 0.05) is 36.7 Å². The van der Waals surface area contributed by atoms with Crippen LogP contribution in [0.2, 0.25) is 0 Å². The first-order chi connectivity index (χ1) is 16.4. The molecule has 1 atom stereocenters. The molecule has 5 rings (SSSR count). The van der Waals surface area contributed by atoms with Crippen LogP contribution in [-0.4, -0.2) is 63.1 Å². The predicted molar refractivity (Wildman–Crippen MR) is 125 cm³/mol. The number of nitrogens with zero attached hydrogens (tertiary/aromatic N) is 5. The fourth-order valence-corrected chi connectivity index (χ4v) is 5.63. The first kappa shape index (κ1) is 22.7. The summed E-state index contributed by atoms with van der Waals surface area (Å²) in [4.78, 5) is 26.0. The van der Waals surface area contributed by atoms with Crippen molar-refractivity contribution in [1.29, 1.82) is 0 Å². The second kappa shape index (κ2) is 8.94. The number of aldehydes is 1. The van der Waals surface area contributed by atoms with Gasteiger partial charge >= 0.3 is 5.97 Å². The molecule has 0 bridgehead atoms. The zero-order valence-corrected chi connectivity index (χ0v) is 20.1. The van der Waals surface area contributed by atoms with E-state index in [2.05, 4.69) is 50.9 Å². The summed E-state index contributed by atoms with van der Waals surface area (Å²) in [5, 5.41) is 15.6. The number of carbonyl (C=O) groups is 2. The van der Waals surface area contributed by atoms with E-state index < -0.39 is 0 Å². The van der Waals surface area contributed by atoms with Gasteiger partial charge in [-0.05, 0) is 67.5 Å². The van der Waals surface area contributed by atoms with Crippen LogP contribution in [0.3, 0.4) is 0 Å². The smallest absolute Gasteiger partial charge is 0.335 e. The van der Waals surface area contributed by atoms with Crippen LogP contribution in [0, 0.1) is 5.41 Å². The molecular formula is C25H32N6O3. The van der Waals surface area contributed by atoms with Crippen molar-refractivity contribution in [2.24, 2.45) is 5.41 Å². The number of cyclic esters (lactones) is 1. The fraction of sp³-hybridized carbons (Fsp3) is 0.560. The third-order valence-electron chi connectivity index (χ3n) is 7.96. The summed E-state index contributed by atoms with van der Waals surface area (Å²) in [6.07, 6.45) is 5.68. The highest BCUT2D eigenvalue weighted by Crippen LogP contribution is 2.40. The Morgan fingerprint density at radius 3 is 2.85 bits per heavy atom. The SMILES string of the molecule is CC1=C(N(C)[C@H](C)CC2(C=O)CCC(NCc3ccc4c(c3)Cn3nnnc3-4)CC2)COC1=O. The van der Waals surface area contributed by atoms with Crippen LogP contribution in [0.1, 0.15) is 57.1 Å². The second-order valence-electron chi connectivity index (χ2n) is 10.1. The minimum absolute atomic E-state index is 0.153. The van der Waals surface area contributed by atoms with Gasteiger partial charge in [0.15, 0.2) is 5.82 Å². The lowest BCUT2D eigenvalue weighted by Gasteiger charge is -2.40. The summed E-state index contributed by atoms with van der Waals surface area (Å²) < 4.78 is 6.99. The van der Waals surface area contributed by atoms with Crippen LogP contribution >= 0.6 is 0 Å². The molecule has 1 N–H and O–H groups in total. The van der Waals surface area contributed by atoms with Gasteiger partial charge in [0.05, 0.1) is 17.8 Å². The molecule has 2 aliphatic heterocycles. The van der Waals surface area contributed by atoms with Crippen LogP contribution in [0.25, 0.3) is 11.4 Å². The van der Waals surface area contributed by atoms with Crippen molar-refractivity contribution in [1.82, 2.24) is 30.4 Å². The second-order valence-corrected chi connectivity index (χ2v) is 10.1. The predicted octanol–water partition coefficient (Wildman–Crippen LogP) is 2.46. The Kier molecular flexibility index (Phi) is 5.97. The average molecular weight is 465 g/mol. The molecule has 0 radical (unpaired) electrons. The number of fused-ring (bicyclic) bond motifs is 3. The molecule has 180 valence electrons. The Morgan fingerprint density at radius 1 is 1.35 bits per heavy atom. The summed E-state index contributed by atoms with van der Waals surface area (Å²) in [5.74, 6) is 0.596. The van der Waals surface area contributed by atoms with E-state index in [0.717, 1.165) is 62.3 Å². The lowest BCUT2D eigenvalue weighted by molar-refractivity contribution is -0.136. The molecule has 1 aliphatic carbocycles. The molecule has 34 heavy (non-hydrogen) atoms. The minimum atomic E-state index is -0.307. The largest absolute Gasteiger partial charge is 0.456 e. The van der Waals surface area contributed by atoms with Gasteiger partial charge in [-0.25, -0.2) is 9.48 Å². The summed E-state index contributed by atoms with van der Waals surface area (Å²) in [6.45, 7) is 5.79. The highest BCUT2D eigenvalue weighted by molar-refractivity contribution is 5.90. The van der Waals surface area contributed by atoms with Gasteiger partial charge in [-0.1, -0.05) is 18.2 Å². The van der Waals surface area contributed by atoms with Crippen molar-refractivity contribution in [2.45, 2.75) is 71.1 Å². The van der Waals surface area contributed by atoms with Crippen LogP contribution in [0.5, 0.6) is 0 Å². The number of nitrogens with one attached hydrogen (secondary N) is 1. The number of carbonyl (C=O) groups excluding carboxylic acids is 2. The van der Waals surface area contributed by atoms with Gasteiger partial charge < -0.3 is 19.7 Å². The van der Waals surface area contributed by atoms with Crippen molar-refractivity contribution < 1.29 is 14.3 Å². The molecule has 1 aromatic carbocycles. The summed E-state index contributed by atoms with van der Waals surface area (Å²) in [6, 6.07) is 7.03. The molecular weight excluding hydrogens is 432 g/mol. The first-order valence-electron chi connectivity index (χ1n) is 12.1. The maximum atomic E-state index is 12.2. The molecule has 2 aromatic rings. The fourth-order valence-electron chi connectivity index (χ4n) is 5.63. The molecule has 0 saturated heterocycles. The number of esters is 1. The molecule has 9 nitrogen and oxygen atoms in total. The maximum Gasteiger partial charge on any atom is 0.335 e. The molecule has 1 saturated carbocycles. The number of benzene rings is 1. The zero-order valence-electron chi connectivity index (χ0n) is 20.1. The van der Waals surface area contributed by atoms with Crippen molar-refractivity contribution in [3.05, 3.63) is 40.6 Å². The molecule has 0 amide bonds. The number of hydrogen-bond acceptors (Lipinski definition) is 8. The summed E-state index contributed by atoms with van der Waals surface area (Å²) in [5.41, 5.74) is 4.89. The van der Waals surface area contributed by atoms with Gasteiger partial charge in [0.25, 0.3) is 0 Å². The van der Waals surface area contributed by atoms with Crippen molar-refractivity contribution in [2.75, 3.05) is 13.7 Å². The Bertz CT molecular complexity index is 1130. The Morgan fingerprint density at radius 2 is 2.15 bits per heavy atom. The van der Waals surface area contributed by atoms with Crippen LogP contribution < -0.4 is 5.32 Å². The van der Waals surface area contributed by atoms with E-state index in [1.54, 1.807) is 0 Å². The molecule has 3 heterocycles. The standard InChI is InChI=1S/C25H32N6O3/c1-16(30(3)22-14-34-24(33)17(22)2)11-25(15-32)8-6-20(7-9-25)26-12-18-4-5-21-19(10-18)13-31-23(21)27-28-29-31/h4-5,10,15-16,20,26H,6-9,11-14H2,1-3H3/t16-,20?,25?/m1/s1. The highest BCUT2D eigenvalue weighted by atomic mass is 16.5. The Balaban J connectivity index is 1.14. The third-order valence-corrected chi connectivity index (χ3v) is 7.96. The topological polar surface area (TPSA) is 102 Å². The van der Waals surface area contributed by atoms with Crippen molar-refractivity contribution in [3.63, 3.8) is 0 Å². The quantitative estimate of drug-likeness (QED) is 0.401. The van der Waals surface area contributed by atoms with E-state index in [1.165, 1.54) is 17.4 Å². The Labute approximate surface area is 199 Å². The Hall–Kier alpha value is -3.07. The third kappa shape index (κ3) is 4.13. The van der Waals surface area contributed by atoms with Crippen molar-refractivity contribution >= 4 is 12.3 Å². The van der Waals surface area contributed by atoms with Crippen LogP contribution in [0.4, 0.5) is 0 Å². The van der Waals surface area contributed by atoms with E-state index in [0.29, 0.717) is 18.2 Å². The molecule has 0 unspecified atom stereocenters. The van der Waals surface area contributed by atoms with E-state index in [-0.39, 0.29) is 17.4 Å². The molecule has 0 spiro atoms. The van der Waals surface area contributed by atoms with E-state index in [4.69, 9.17) is 4.74 Å². The average Bonchev–Trinajstić information content (AvgIpc) is 3.53. The van der Waals surface area contributed by atoms with Crippen LogP contribution in [-0.2, 0) is 27.4 Å². The van der Waals surface area contributed by atoms with Crippen molar-refractivity contribution in [3.8, 4) is 11.4 Å². The van der Waals surface area contributed by atoms with Gasteiger partial charge in [-0.3, -0.25) is 0 Å². The molecule has 1 aromatic heterocycles. The normalized spacial score (nSPS) is 24.6. The number of hydrogen-bond donors (Lipinski definition) is 1. The van der Waals surface area contributed by atoms with Gasteiger partial charge in [0.1, 0.15) is 12.9 Å². The van der Waals surface area contributed by atoms with Crippen LogP contribution in [0.15, 0.2) is 29.5 Å².